The molecule has 1 aliphatic heterocycles. The first-order chi connectivity index (χ1) is 7.75. The van der Waals surface area contributed by atoms with Crippen LogP contribution < -0.4 is 10.6 Å². The standard InChI is InChI=1S/C11H20N2O.C2H6/c1-8-2-4-9(5-3-8)11(14)13-10-6-12-7-10;1-2/h8-10,12H,2-7H2,1H3,(H,13,14);1-2H3. The maximum absolute atomic E-state index is 11.8. The molecule has 94 valence electrons. The summed E-state index contributed by atoms with van der Waals surface area (Å²) in [5.41, 5.74) is 0. The van der Waals surface area contributed by atoms with E-state index in [0.717, 1.165) is 31.8 Å². The van der Waals surface area contributed by atoms with E-state index in [4.69, 9.17) is 0 Å². The van der Waals surface area contributed by atoms with Crippen molar-refractivity contribution in [2.45, 2.75) is 52.5 Å². The minimum Gasteiger partial charge on any atom is -0.351 e. The van der Waals surface area contributed by atoms with Gasteiger partial charge >= 0.3 is 0 Å². The zero-order valence-electron chi connectivity index (χ0n) is 10.9. The van der Waals surface area contributed by atoms with Crippen molar-refractivity contribution in [2.24, 2.45) is 11.8 Å². The predicted octanol–water partition coefficient (Wildman–Crippen LogP) is 1.93. The SMILES string of the molecule is CC.CC1CCC(C(=O)NC2CNC2)CC1. The smallest absolute Gasteiger partial charge is 0.223 e. The molecule has 1 saturated heterocycles. The van der Waals surface area contributed by atoms with Crippen LogP contribution in [0.25, 0.3) is 0 Å². The Morgan fingerprint density at radius 2 is 1.69 bits per heavy atom. The quantitative estimate of drug-likeness (QED) is 0.755. The first-order valence-electron chi connectivity index (χ1n) is 6.77. The third-order valence-corrected chi connectivity index (χ3v) is 3.51. The van der Waals surface area contributed by atoms with Crippen LogP contribution in [0.2, 0.25) is 0 Å². The van der Waals surface area contributed by atoms with Crippen LogP contribution in [-0.2, 0) is 4.79 Å². The average Bonchev–Trinajstić information content (AvgIpc) is 2.27. The largest absolute Gasteiger partial charge is 0.351 e. The minimum atomic E-state index is 0.295. The van der Waals surface area contributed by atoms with Gasteiger partial charge in [0.25, 0.3) is 0 Å². The van der Waals surface area contributed by atoms with Crippen molar-refractivity contribution >= 4 is 5.91 Å². The van der Waals surface area contributed by atoms with Crippen LogP contribution in [0.5, 0.6) is 0 Å². The van der Waals surface area contributed by atoms with Gasteiger partial charge in [-0.2, -0.15) is 0 Å². The van der Waals surface area contributed by atoms with Crippen molar-refractivity contribution < 1.29 is 4.79 Å². The normalized spacial score (nSPS) is 29.7. The first kappa shape index (κ1) is 13.5. The van der Waals surface area contributed by atoms with Gasteiger partial charge in [0.05, 0.1) is 6.04 Å². The lowest BCUT2D eigenvalue weighted by Gasteiger charge is -2.31. The lowest BCUT2D eigenvalue weighted by Crippen LogP contribution is -2.58. The van der Waals surface area contributed by atoms with Gasteiger partial charge in [-0.05, 0) is 31.6 Å². The van der Waals surface area contributed by atoms with E-state index < -0.39 is 0 Å². The molecule has 1 aliphatic carbocycles. The fourth-order valence-electron chi connectivity index (χ4n) is 2.23. The van der Waals surface area contributed by atoms with Crippen LogP contribution in [0.3, 0.4) is 0 Å². The van der Waals surface area contributed by atoms with E-state index in [0.29, 0.717) is 17.9 Å². The van der Waals surface area contributed by atoms with E-state index in [1.807, 2.05) is 13.8 Å². The predicted molar refractivity (Wildman–Crippen MR) is 67.3 cm³/mol. The fourth-order valence-corrected chi connectivity index (χ4v) is 2.23. The summed E-state index contributed by atoms with van der Waals surface area (Å²) in [6, 6.07) is 0.404. The number of hydrogen-bond donors (Lipinski definition) is 2. The maximum Gasteiger partial charge on any atom is 0.223 e. The second kappa shape index (κ2) is 6.89. The van der Waals surface area contributed by atoms with Crippen molar-refractivity contribution in [2.75, 3.05) is 13.1 Å². The van der Waals surface area contributed by atoms with Crippen molar-refractivity contribution in [3.8, 4) is 0 Å². The first-order valence-corrected chi connectivity index (χ1v) is 6.77. The van der Waals surface area contributed by atoms with Crippen LogP contribution in [0, 0.1) is 11.8 Å². The summed E-state index contributed by atoms with van der Waals surface area (Å²) in [4.78, 5) is 11.8. The highest BCUT2D eigenvalue weighted by Crippen LogP contribution is 2.28. The van der Waals surface area contributed by atoms with Gasteiger partial charge in [0.2, 0.25) is 5.91 Å². The Balaban J connectivity index is 0.000000606. The van der Waals surface area contributed by atoms with Crippen molar-refractivity contribution in [1.82, 2.24) is 10.6 Å². The minimum absolute atomic E-state index is 0.295. The fraction of sp³-hybridized carbons (Fsp3) is 0.923. The third kappa shape index (κ3) is 3.78. The van der Waals surface area contributed by atoms with Gasteiger partial charge in [-0.25, -0.2) is 0 Å². The van der Waals surface area contributed by atoms with E-state index >= 15 is 0 Å². The molecule has 1 heterocycles. The van der Waals surface area contributed by atoms with Crippen LogP contribution in [0.15, 0.2) is 0 Å². The van der Waals surface area contributed by atoms with E-state index in [1.54, 1.807) is 0 Å². The van der Waals surface area contributed by atoms with Gasteiger partial charge in [-0.15, -0.1) is 0 Å². The Kier molecular flexibility index (Phi) is 5.81. The van der Waals surface area contributed by atoms with Gasteiger partial charge in [0.15, 0.2) is 0 Å². The summed E-state index contributed by atoms with van der Waals surface area (Å²) in [5.74, 6) is 1.42. The molecule has 0 spiro atoms. The molecule has 2 aliphatic rings. The summed E-state index contributed by atoms with van der Waals surface area (Å²) >= 11 is 0. The lowest BCUT2D eigenvalue weighted by molar-refractivity contribution is -0.127. The molecular weight excluding hydrogens is 200 g/mol. The van der Waals surface area contributed by atoms with Crippen molar-refractivity contribution in [1.29, 1.82) is 0 Å². The topological polar surface area (TPSA) is 41.1 Å². The Bertz CT molecular complexity index is 206. The molecule has 16 heavy (non-hydrogen) atoms. The van der Waals surface area contributed by atoms with Gasteiger partial charge in [0.1, 0.15) is 0 Å². The number of carbonyl (C=O) groups is 1. The van der Waals surface area contributed by atoms with Gasteiger partial charge < -0.3 is 10.6 Å². The highest BCUT2D eigenvalue weighted by atomic mass is 16.2. The summed E-state index contributed by atoms with van der Waals surface area (Å²) < 4.78 is 0. The molecule has 1 amide bonds. The Morgan fingerprint density at radius 3 is 2.12 bits per heavy atom. The van der Waals surface area contributed by atoms with E-state index in [1.165, 1.54) is 12.8 Å². The molecule has 0 unspecified atom stereocenters. The van der Waals surface area contributed by atoms with E-state index in [-0.39, 0.29) is 0 Å². The molecule has 0 atom stereocenters. The molecule has 1 saturated carbocycles. The summed E-state index contributed by atoms with van der Waals surface area (Å²) in [6.07, 6.45) is 4.63. The Morgan fingerprint density at radius 1 is 1.12 bits per heavy atom. The van der Waals surface area contributed by atoms with Crippen LogP contribution >= 0.6 is 0 Å². The van der Waals surface area contributed by atoms with E-state index in [2.05, 4.69) is 17.6 Å². The molecule has 3 nitrogen and oxygen atoms in total. The molecule has 0 aromatic heterocycles. The molecule has 0 aromatic carbocycles. The summed E-state index contributed by atoms with van der Waals surface area (Å²) in [6.45, 7) is 8.19. The van der Waals surface area contributed by atoms with Crippen molar-refractivity contribution in [3.05, 3.63) is 0 Å². The zero-order valence-corrected chi connectivity index (χ0v) is 10.9. The van der Waals surface area contributed by atoms with Gasteiger partial charge in [0, 0.05) is 19.0 Å². The third-order valence-electron chi connectivity index (χ3n) is 3.51. The van der Waals surface area contributed by atoms with Crippen LogP contribution in [0.1, 0.15) is 46.5 Å². The molecule has 2 rings (SSSR count). The monoisotopic (exact) mass is 226 g/mol. The molecule has 2 N–H and O–H groups in total. The number of nitrogens with one attached hydrogen (secondary N) is 2. The van der Waals surface area contributed by atoms with Gasteiger partial charge in [-0.3, -0.25) is 4.79 Å². The molecule has 0 radical (unpaired) electrons. The number of rotatable bonds is 2. The van der Waals surface area contributed by atoms with Gasteiger partial charge in [-0.1, -0.05) is 20.8 Å². The Labute approximate surface area is 99.4 Å². The number of amides is 1. The number of hydrogen-bond acceptors (Lipinski definition) is 2. The maximum atomic E-state index is 11.8. The molecule has 2 fully saturated rings. The second-order valence-electron chi connectivity index (χ2n) is 4.82. The lowest BCUT2D eigenvalue weighted by atomic mass is 9.82. The zero-order chi connectivity index (χ0) is 12.0. The van der Waals surface area contributed by atoms with Crippen LogP contribution in [0.4, 0.5) is 0 Å². The highest BCUT2D eigenvalue weighted by Gasteiger charge is 2.27. The van der Waals surface area contributed by atoms with Crippen LogP contribution in [-0.4, -0.2) is 25.0 Å². The second-order valence-corrected chi connectivity index (χ2v) is 4.82. The highest BCUT2D eigenvalue weighted by molar-refractivity contribution is 5.79. The molecule has 0 bridgehead atoms. The van der Waals surface area contributed by atoms with Crippen molar-refractivity contribution in [3.63, 3.8) is 0 Å². The Hall–Kier alpha value is -0.570. The number of carbonyl (C=O) groups excluding carboxylic acids is 1. The average molecular weight is 226 g/mol. The molecule has 3 heteroatoms. The van der Waals surface area contributed by atoms with E-state index in [9.17, 15) is 4.79 Å². The molecular formula is C13H26N2O. The summed E-state index contributed by atoms with van der Waals surface area (Å²) in [5, 5.41) is 6.26. The summed E-state index contributed by atoms with van der Waals surface area (Å²) in [7, 11) is 0. The molecule has 0 aromatic rings.